The molecule has 0 amide bonds. The first kappa shape index (κ1) is 40.1. The van der Waals surface area contributed by atoms with E-state index in [0.717, 1.165) is 11.8 Å². The van der Waals surface area contributed by atoms with Crippen molar-refractivity contribution in [3.8, 4) is 66.8 Å². The van der Waals surface area contributed by atoms with Crippen molar-refractivity contribution in [2.24, 2.45) is 11.8 Å². The summed E-state index contributed by atoms with van der Waals surface area (Å²) in [4.78, 5) is 2.64. The average molecular weight is 862 g/mol. The average Bonchev–Trinajstić information content (AvgIpc) is 3.46. The van der Waals surface area contributed by atoms with E-state index in [-0.39, 0.29) is 5.41 Å². The summed E-state index contributed by atoms with van der Waals surface area (Å²) in [5.41, 5.74) is 24.6. The number of benzene rings is 9. The molecule has 14 rings (SSSR count). The van der Waals surface area contributed by atoms with Gasteiger partial charge >= 0.3 is 0 Å². The number of nitrogens with zero attached hydrogens (tertiary/aromatic N) is 1. The third kappa shape index (κ3) is 6.65. The van der Waals surface area contributed by atoms with E-state index in [1.807, 2.05) is 0 Å². The minimum Gasteiger partial charge on any atom is -0.310 e. The lowest BCUT2D eigenvalue weighted by atomic mass is 9.63. The smallest absolute Gasteiger partial charge is 0.0502 e. The Morgan fingerprint density at radius 3 is 1.54 bits per heavy atom. The molecule has 0 spiro atoms. The largest absolute Gasteiger partial charge is 0.310 e. The molecule has 0 N–H and O–H groups in total. The second-order valence-electron chi connectivity index (χ2n) is 20.4. The van der Waals surface area contributed by atoms with Crippen molar-refractivity contribution in [3.05, 3.63) is 235 Å². The molecule has 2 fully saturated rings. The van der Waals surface area contributed by atoms with Gasteiger partial charge in [-0.2, -0.15) is 0 Å². The molecule has 2 atom stereocenters. The van der Waals surface area contributed by atoms with Crippen LogP contribution in [0.3, 0.4) is 0 Å². The molecule has 67 heavy (non-hydrogen) atoms. The minimum atomic E-state index is -0.239. The molecule has 324 valence electrons. The van der Waals surface area contributed by atoms with Crippen LogP contribution in [-0.2, 0) is 5.41 Å². The molecule has 0 aromatic heterocycles. The van der Waals surface area contributed by atoms with Crippen LogP contribution >= 0.6 is 0 Å². The molecule has 0 saturated heterocycles. The summed E-state index contributed by atoms with van der Waals surface area (Å²) in [7, 11) is 0. The molecule has 1 nitrogen and oxygen atoms in total. The lowest BCUT2D eigenvalue weighted by Gasteiger charge is -2.43. The first-order valence-electron chi connectivity index (χ1n) is 24.7. The van der Waals surface area contributed by atoms with Gasteiger partial charge in [-0.05, 0) is 175 Å². The van der Waals surface area contributed by atoms with Crippen molar-refractivity contribution in [1.82, 2.24) is 0 Å². The highest BCUT2D eigenvalue weighted by Gasteiger charge is 2.41. The fourth-order valence-electron chi connectivity index (χ4n) is 13.4. The molecule has 0 radical (unpaired) electrons. The van der Waals surface area contributed by atoms with E-state index < -0.39 is 0 Å². The summed E-state index contributed by atoms with van der Waals surface area (Å²) in [6, 6.07) is 80.6. The lowest BCUT2D eigenvalue weighted by molar-refractivity contribution is 0.153. The van der Waals surface area contributed by atoms with Gasteiger partial charge < -0.3 is 4.90 Å². The molecule has 9 aromatic rings. The molecule has 9 aromatic carbocycles. The molecule has 2 unspecified atom stereocenters. The summed E-state index contributed by atoms with van der Waals surface area (Å²) >= 11 is 0. The molecule has 1 heteroatoms. The fourth-order valence-corrected chi connectivity index (χ4v) is 13.4. The van der Waals surface area contributed by atoms with E-state index in [2.05, 4.69) is 231 Å². The van der Waals surface area contributed by atoms with E-state index in [1.54, 1.807) is 5.56 Å². The van der Waals surface area contributed by atoms with Crippen molar-refractivity contribution in [3.63, 3.8) is 0 Å². The number of anilines is 3. The molecule has 0 heterocycles. The summed E-state index contributed by atoms with van der Waals surface area (Å²) in [5, 5.41) is 0. The van der Waals surface area contributed by atoms with Crippen LogP contribution in [-0.4, -0.2) is 0 Å². The van der Waals surface area contributed by atoms with Crippen LogP contribution in [0, 0.1) is 11.8 Å². The maximum atomic E-state index is 2.64. The first-order chi connectivity index (χ1) is 33.0. The highest BCUT2D eigenvalue weighted by Crippen LogP contribution is 2.58. The standard InChI is InChI=1S/C66H55N/c1-66(2)62-31-14-12-28-58(62)55-26-10-11-27-56(55)61-42-50(34-35-57(61)59-29-13-15-32-63(59)66)67(49-21-16-20-46(41-49)52-23-7-6-22-51(52)45-18-4-3-5-19-45)64-33-17-30-60-54-25-9-8-24-53(54)47-37-43-36-44(38-47)40-48(39-43)65(60)64/h3-35,41-44,47-48H,36-40H2,1-2H3. The molecule has 5 aliphatic carbocycles. The van der Waals surface area contributed by atoms with Crippen LogP contribution in [0.5, 0.6) is 0 Å². The molecular formula is C66H55N. The summed E-state index contributed by atoms with van der Waals surface area (Å²) in [6.07, 6.45) is 6.52. The van der Waals surface area contributed by atoms with Gasteiger partial charge in [0.15, 0.2) is 0 Å². The predicted octanol–water partition coefficient (Wildman–Crippen LogP) is 18.2. The monoisotopic (exact) mass is 861 g/mol. The number of rotatable bonds is 5. The summed E-state index contributed by atoms with van der Waals surface area (Å²) < 4.78 is 0. The SMILES string of the molecule is CC1(C)c2ccccc2-c2ccccc2-c2cc(N(c3cccc(-c4ccccc4-c4ccccc4)c3)c3cccc4c3C3CC5CC(CC(C5)c5ccccc5-4)C3)ccc2-c2ccccc21. The molecular weight excluding hydrogens is 807 g/mol. The van der Waals surface area contributed by atoms with Crippen LogP contribution in [0.1, 0.15) is 80.0 Å². The minimum absolute atomic E-state index is 0.239. The highest BCUT2D eigenvalue weighted by atomic mass is 15.1. The van der Waals surface area contributed by atoms with E-state index in [0.29, 0.717) is 11.8 Å². The maximum Gasteiger partial charge on any atom is 0.0502 e. The summed E-state index contributed by atoms with van der Waals surface area (Å²) in [6.45, 7) is 4.81. The van der Waals surface area contributed by atoms with Crippen LogP contribution in [0.2, 0.25) is 0 Å². The summed E-state index contributed by atoms with van der Waals surface area (Å²) in [5.74, 6) is 2.62. The molecule has 0 aliphatic heterocycles. The topological polar surface area (TPSA) is 3.24 Å². The molecule has 5 aliphatic rings. The zero-order valence-corrected chi connectivity index (χ0v) is 38.5. The second-order valence-corrected chi connectivity index (χ2v) is 20.4. The zero-order valence-electron chi connectivity index (χ0n) is 38.5. The Bertz CT molecular complexity index is 3340. The zero-order chi connectivity index (χ0) is 44.6. The normalized spacial score (nSPS) is 19.3. The Balaban J connectivity index is 1.09. The predicted molar refractivity (Wildman–Crippen MR) is 281 cm³/mol. The highest BCUT2D eigenvalue weighted by molar-refractivity contribution is 5.98. The van der Waals surface area contributed by atoms with Gasteiger partial charge in [-0.15, -0.1) is 0 Å². The van der Waals surface area contributed by atoms with Gasteiger partial charge in [0.25, 0.3) is 0 Å². The van der Waals surface area contributed by atoms with Crippen molar-refractivity contribution >= 4 is 17.1 Å². The van der Waals surface area contributed by atoms with E-state index in [9.17, 15) is 0 Å². The van der Waals surface area contributed by atoms with E-state index in [1.165, 1.54) is 133 Å². The van der Waals surface area contributed by atoms with Crippen molar-refractivity contribution in [2.75, 3.05) is 4.90 Å². The van der Waals surface area contributed by atoms with Crippen molar-refractivity contribution < 1.29 is 0 Å². The third-order valence-electron chi connectivity index (χ3n) is 16.2. The fraction of sp³-hybridized carbons (Fsp3) is 0.182. The van der Waals surface area contributed by atoms with Crippen LogP contribution in [0.15, 0.2) is 212 Å². The Hall–Kier alpha value is -7.22. The van der Waals surface area contributed by atoms with Crippen molar-refractivity contribution in [2.45, 2.75) is 63.2 Å². The van der Waals surface area contributed by atoms with Crippen LogP contribution in [0.25, 0.3) is 66.8 Å². The van der Waals surface area contributed by atoms with Gasteiger partial charge in [0.2, 0.25) is 0 Å². The third-order valence-corrected chi connectivity index (χ3v) is 16.2. The maximum absolute atomic E-state index is 2.64. The van der Waals surface area contributed by atoms with Gasteiger partial charge in [-0.3, -0.25) is 0 Å². The number of hydrogen-bond acceptors (Lipinski definition) is 1. The van der Waals surface area contributed by atoms with Gasteiger partial charge in [-0.1, -0.05) is 196 Å². The Kier molecular flexibility index (Phi) is 9.57. The second kappa shape index (κ2) is 16.0. The van der Waals surface area contributed by atoms with E-state index in [4.69, 9.17) is 0 Å². The van der Waals surface area contributed by atoms with Crippen LogP contribution in [0.4, 0.5) is 17.1 Å². The van der Waals surface area contributed by atoms with Crippen LogP contribution < -0.4 is 4.90 Å². The number of fused-ring (bicyclic) bond motifs is 7. The van der Waals surface area contributed by atoms with Gasteiger partial charge in [-0.25, -0.2) is 0 Å². The Morgan fingerprint density at radius 2 is 0.836 bits per heavy atom. The van der Waals surface area contributed by atoms with Gasteiger partial charge in [0, 0.05) is 16.8 Å². The van der Waals surface area contributed by atoms with Gasteiger partial charge in [0.1, 0.15) is 0 Å². The van der Waals surface area contributed by atoms with E-state index >= 15 is 0 Å². The Morgan fingerprint density at radius 1 is 0.343 bits per heavy atom. The van der Waals surface area contributed by atoms with Gasteiger partial charge in [0.05, 0.1) is 5.69 Å². The number of hydrogen-bond donors (Lipinski definition) is 0. The molecule has 4 bridgehead atoms. The van der Waals surface area contributed by atoms with Crippen molar-refractivity contribution in [1.29, 1.82) is 0 Å². The quantitative estimate of drug-likeness (QED) is 0.167. The lowest BCUT2D eigenvalue weighted by Crippen LogP contribution is -2.29. The molecule has 2 saturated carbocycles. The first-order valence-corrected chi connectivity index (χ1v) is 24.7. The Labute approximate surface area is 396 Å².